The molecule has 0 radical (unpaired) electrons. The Bertz CT molecular complexity index is 1460. The number of carbonyl (C=O) groups is 1. The van der Waals surface area contributed by atoms with Crippen LogP contribution in [0.25, 0.3) is 6.08 Å². The number of rotatable bonds is 48. The average molecular weight is 932 g/mol. The van der Waals surface area contributed by atoms with Gasteiger partial charge in [0.25, 0.3) is 0 Å². The van der Waals surface area contributed by atoms with Crippen molar-refractivity contribution in [1.29, 1.82) is 0 Å². The lowest BCUT2D eigenvalue weighted by atomic mass is 9.83. The molecule has 1 atom stereocenters. The number of hydrogen-bond acceptors (Lipinski definition) is 5. The van der Waals surface area contributed by atoms with Crippen LogP contribution < -0.4 is 9.47 Å². The first-order valence-electron chi connectivity index (χ1n) is 29.5. The molecule has 5 nitrogen and oxygen atoms in total. The normalized spacial score (nSPS) is 14.4. The first-order valence-corrected chi connectivity index (χ1v) is 29.5. The number of allylic oxidation sites excluding steroid dienone is 3. The van der Waals surface area contributed by atoms with E-state index in [9.17, 15) is 4.79 Å². The van der Waals surface area contributed by atoms with Crippen molar-refractivity contribution in [3.63, 3.8) is 0 Å². The minimum absolute atomic E-state index is 0.0371. The van der Waals surface area contributed by atoms with Gasteiger partial charge in [-0.3, -0.25) is 4.79 Å². The molecule has 0 saturated carbocycles. The first kappa shape index (κ1) is 58.8. The molecule has 0 spiro atoms. The number of unbranched alkanes of at least 4 members (excludes halogenated alkanes) is 36. The summed E-state index contributed by atoms with van der Waals surface area (Å²) >= 11 is 0. The van der Waals surface area contributed by atoms with Crippen molar-refractivity contribution < 1.29 is 23.7 Å². The molecule has 0 saturated heterocycles. The zero-order valence-corrected chi connectivity index (χ0v) is 44.6. The number of benzene rings is 1. The second kappa shape index (κ2) is 41.3. The predicted molar refractivity (Wildman–Crippen MR) is 289 cm³/mol. The Balaban J connectivity index is 1.65. The van der Waals surface area contributed by atoms with Gasteiger partial charge in [-0.15, -0.1) is 0 Å². The van der Waals surface area contributed by atoms with Crippen LogP contribution in [0.2, 0.25) is 0 Å². The second-order valence-electron chi connectivity index (χ2n) is 20.5. The second-order valence-corrected chi connectivity index (χ2v) is 20.5. The fourth-order valence-corrected chi connectivity index (χ4v) is 9.78. The molecule has 3 rings (SSSR count). The van der Waals surface area contributed by atoms with E-state index in [0.29, 0.717) is 43.3 Å². The van der Waals surface area contributed by atoms with Gasteiger partial charge in [-0.2, -0.15) is 0 Å². The molecule has 67 heavy (non-hydrogen) atoms. The Labute approximate surface area is 414 Å². The fraction of sp³-hybridized carbons (Fsp3) is 0.790. The van der Waals surface area contributed by atoms with Gasteiger partial charge in [0.1, 0.15) is 11.9 Å². The van der Waals surface area contributed by atoms with E-state index in [1.54, 1.807) is 0 Å². The van der Waals surface area contributed by atoms with Crippen molar-refractivity contribution >= 4 is 11.9 Å². The molecule has 2 aliphatic rings. The van der Waals surface area contributed by atoms with Gasteiger partial charge in [0.05, 0.1) is 19.8 Å². The minimum atomic E-state index is -0.352. The summed E-state index contributed by atoms with van der Waals surface area (Å²) < 4.78 is 26.2. The molecule has 0 aromatic heterocycles. The van der Waals surface area contributed by atoms with E-state index >= 15 is 0 Å². The van der Waals surface area contributed by atoms with Crippen LogP contribution >= 0.6 is 0 Å². The lowest BCUT2D eigenvalue weighted by molar-refractivity contribution is 0.0508. The lowest BCUT2D eigenvalue weighted by Gasteiger charge is -2.28. The number of fused-ring (bicyclic) bond motifs is 2. The lowest BCUT2D eigenvalue weighted by Crippen LogP contribution is -2.24. The maximum atomic E-state index is 14.5. The van der Waals surface area contributed by atoms with Gasteiger partial charge in [-0.1, -0.05) is 259 Å². The van der Waals surface area contributed by atoms with Crippen molar-refractivity contribution in [2.24, 2.45) is 0 Å². The van der Waals surface area contributed by atoms with Gasteiger partial charge >= 0.3 is 0 Å². The molecule has 1 unspecified atom stereocenters. The van der Waals surface area contributed by atoms with Gasteiger partial charge < -0.3 is 18.9 Å². The van der Waals surface area contributed by atoms with Crippen LogP contribution in [0.5, 0.6) is 11.5 Å². The minimum Gasteiger partial charge on any atom is -0.495 e. The molecule has 0 bridgehead atoms. The summed E-state index contributed by atoms with van der Waals surface area (Å²) in [5.74, 6) is 2.33. The Hall–Kier alpha value is -2.53. The maximum Gasteiger partial charge on any atom is 0.194 e. The van der Waals surface area contributed by atoms with Crippen LogP contribution in [0.15, 0.2) is 41.2 Å². The molecule has 1 aromatic carbocycles. The van der Waals surface area contributed by atoms with Crippen molar-refractivity contribution in [2.45, 2.75) is 291 Å². The Morgan fingerprint density at radius 3 is 1.09 bits per heavy atom. The quantitative estimate of drug-likeness (QED) is 0.0610. The highest BCUT2D eigenvalue weighted by Crippen LogP contribution is 2.40. The number of ether oxygens (including phenoxy) is 4. The monoisotopic (exact) mass is 931 g/mol. The van der Waals surface area contributed by atoms with Gasteiger partial charge in [-0.05, 0) is 67.2 Å². The average Bonchev–Trinajstić information content (AvgIpc) is 3.33. The largest absolute Gasteiger partial charge is 0.495 e. The summed E-state index contributed by atoms with van der Waals surface area (Å²) in [5.41, 5.74) is 3.22. The molecule has 2 aliphatic carbocycles. The van der Waals surface area contributed by atoms with Gasteiger partial charge in [0.2, 0.25) is 0 Å². The molecule has 5 heteroatoms. The number of Topliss-reactive ketones (excluding diaryl/α,β-unsaturated/α-hetero) is 1. The molecule has 0 N–H and O–H groups in total. The van der Waals surface area contributed by atoms with Gasteiger partial charge in [0.15, 0.2) is 17.3 Å². The van der Waals surface area contributed by atoms with Crippen molar-refractivity contribution in [1.82, 2.24) is 0 Å². The molecular formula is C62H106O5. The number of ketones is 1. The third-order valence-electron chi connectivity index (χ3n) is 14.2. The van der Waals surface area contributed by atoms with Crippen LogP contribution in [0.1, 0.15) is 300 Å². The molecular weight excluding hydrogens is 825 g/mol. The standard InChI is InChI=1S/C62H106O5/c1-5-9-13-17-21-25-29-33-37-41-45-64-58-50-54-49-55-51-59(65-46-42-38-34-30-26-22-18-14-10-6-2)61(67-48-44-40-36-32-28-24-20-16-12-8-4)53-57(55)62(63)56(54)52-60(58)66-47-43-39-35-31-27-23-19-15-11-7-3/h49-53,60H,5-48H2,1-4H3. The molecule has 0 heterocycles. The van der Waals surface area contributed by atoms with E-state index in [1.807, 2.05) is 12.1 Å². The highest BCUT2D eigenvalue weighted by atomic mass is 16.5. The zero-order valence-electron chi connectivity index (χ0n) is 44.6. The summed E-state index contributed by atoms with van der Waals surface area (Å²) in [6.45, 7) is 11.8. The summed E-state index contributed by atoms with van der Waals surface area (Å²) in [5, 5.41) is 0. The van der Waals surface area contributed by atoms with Crippen molar-refractivity contribution in [3.8, 4) is 11.5 Å². The number of hydrogen-bond donors (Lipinski definition) is 0. The molecule has 1 aromatic rings. The fourth-order valence-electron chi connectivity index (χ4n) is 9.78. The number of carbonyl (C=O) groups excluding carboxylic acids is 1. The topological polar surface area (TPSA) is 54.0 Å². The van der Waals surface area contributed by atoms with E-state index in [4.69, 9.17) is 18.9 Å². The Morgan fingerprint density at radius 2 is 0.701 bits per heavy atom. The van der Waals surface area contributed by atoms with Crippen LogP contribution in [-0.2, 0) is 9.47 Å². The van der Waals surface area contributed by atoms with E-state index in [2.05, 4.69) is 45.9 Å². The predicted octanol–water partition coefficient (Wildman–Crippen LogP) is 19.9. The summed E-state index contributed by atoms with van der Waals surface area (Å²) in [4.78, 5) is 14.5. The van der Waals surface area contributed by atoms with Crippen LogP contribution in [-0.4, -0.2) is 38.3 Å². The zero-order chi connectivity index (χ0) is 47.7. The maximum absolute atomic E-state index is 14.5. The van der Waals surface area contributed by atoms with Crippen molar-refractivity contribution in [3.05, 3.63) is 52.3 Å². The third-order valence-corrected chi connectivity index (χ3v) is 14.2. The first-order chi connectivity index (χ1) is 33.1. The smallest absolute Gasteiger partial charge is 0.194 e. The van der Waals surface area contributed by atoms with E-state index in [0.717, 1.165) is 48.3 Å². The summed E-state index contributed by atoms with van der Waals surface area (Å²) in [6.07, 6.45) is 57.7. The molecule has 384 valence electrons. The van der Waals surface area contributed by atoms with Gasteiger partial charge in [0, 0.05) is 17.7 Å². The Morgan fingerprint density at radius 1 is 0.373 bits per heavy atom. The highest BCUT2D eigenvalue weighted by molar-refractivity contribution is 6.18. The van der Waals surface area contributed by atoms with Crippen LogP contribution in [0.4, 0.5) is 0 Å². The third kappa shape index (κ3) is 27.5. The summed E-state index contributed by atoms with van der Waals surface area (Å²) in [6, 6.07) is 4.03. The summed E-state index contributed by atoms with van der Waals surface area (Å²) in [7, 11) is 0. The molecule has 0 amide bonds. The van der Waals surface area contributed by atoms with E-state index in [1.165, 1.54) is 231 Å². The molecule has 0 fully saturated rings. The Kier molecular flexibility index (Phi) is 36.2. The van der Waals surface area contributed by atoms with Crippen LogP contribution in [0.3, 0.4) is 0 Å². The van der Waals surface area contributed by atoms with E-state index < -0.39 is 0 Å². The SMILES string of the molecule is CCCCCCCCCCCCOC1=CC2=Cc3cc(OCCCCCCCCCCCC)c(OCCCCCCCCCCCC)cc3C(=O)C2=CC1OCCCCCCCCCCCC. The van der Waals surface area contributed by atoms with Crippen molar-refractivity contribution in [2.75, 3.05) is 26.4 Å². The van der Waals surface area contributed by atoms with Gasteiger partial charge in [-0.25, -0.2) is 0 Å². The van der Waals surface area contributed by atoms with E-state index in [-0.39, 0.29) is 11.9 Å². The molecule has 0 aliphatic heterocycles. The highest BCUT2D eigenvalue weighted by Gasteiger charge is 2.31. The van der Waals surface area contributed by atoms with Crippen LogP contribution in [0, 0.1) is 0 Å².